The summed E-state index contributed by atoms with van der Waals surface area (Å²) in [6.45, 7) is 2.84. The Labute approximate surface area is 229 Å². The Kier molecular flexibility index (Phi) is 6.97. The number of aliphatic hydroxyl groups is 2. The summed E-state index contributed by atoms with van der Waals surface area (Å²) >= 11 is 0. The van der Waals surface area contributed by atoms with Crippen molar-refractivity contribution in [3.05, 3.63) is 51.6 Å². The van der Waals surface area contributed by atoms with Crippen LogP contribution in [0.3, 0.4) is 0 Å². The summed E-state index contributed by atoms with van der Waals surface area (Å²) < 4.78 is 27.9. The maximum atomic E-state index is 13.6. The summed E-state index contributed by atoms with van der Waals surface area (Å²) in [5.74, 6) is -3.58. The highest BCUT2D eigenvalue weighted by Crippen LogP contribution is 2.49. The highest BCUT2D eigenvalue weighted by Gasteiger charge is 2.55. The Balaban J connectivity index is 1.68. The molecule has 2 aliphatic carbocycles. The first-order chi connectivity index (χ1) is 18.9. The van der Waals surface area contributed by atoms with E-state index < -0.39 is 76.8 Å². The first-order valence-corrected chi connectivity index (χ1v) is 12.6. The van der Waals surface area contributed by atoms with Gasteiger partial charge >= 0.3 is 0 Å². The molecule has 0 saturated carbocycles. The molecule has 0 amide bonds. The molecule has 40 heavy (non-hydrogen) atoms. The molecule has 5 rings (SSSR count). The van der Waals surface area contributed by atoms with Gasteiger partial charge in [0.1, 0.15) is 35.6 Å². The van der Waals surface area contributed by atoms with Crippen molar-refractivity contribution in [2.24, 2.45) is 0 Å². The van der Waals surface area contributed by atoms with Crippen molar-refractivity contribution in [3.8, 4) is 17.2 Å². The maximum absolute atomic E-state index is 13.6. The predicted molar refractivity (Wildman–Crippen MR) is 135 cm³/mol. The molecule has 4 N–H and O–H groups in total. The molecule has 0 bridgehead atoms. The average Bonchev–Trinajstić information content (AvgIpc) is 2.91. The molecule has 0 aromatic heterocycles. The van der Waals surface area contributed by atoms with E-state index in [9.17, 15) is 34.8 Å². The molecule has 2 aromatic rings. The van der Waals surface area contributed by atoms with Crippen molar-refractivity contribution in [2.75, 3.05) is 21.3 Å². The molecule has 12 heteroatoms. The van der Waals surface area contributed by atoms with Crippen molar-refractivity contribution in [2.45, 2.75) is 62.7 Å². The highest BCUT2D eigenvalue weighted by atomic mass is 16.7. The topological polar surface area (TPSA) is 178 Å². The minimum Gasteiger partial charge on any atom is -0.507 e. The van der Waals surface area contributed by atoms with E-state index in [2.05, 4.69) is 0 Å². The summed E-state index contributed by atoms with van der Waals surface area (Å²) in [4.78, 5) is 40.7. The van der Waals surface area contributed by atoms with Crippen LogP contribution in [-0.4, -0.2) is 95.4 Å². The number of fused-ring (bicyclic) bond motifs is 3. The van der Waals surface area contributed by atoms with Crippen molar-refractivity contribution in [3.63, 3.8) is 0 Å². The number of Topliss-reactive ketones (excluding diaryl/α,β-unsaturated/α-hetero) is 1. The number of aromatic hydroxyl groups is 2. The van der Waals surface area contributed by atoms with E-state index >= 15 is 0 Å². The van der Waals surface area contributed by atoms with Gasteiger partial charge in [0.2, 0.25) is 5.78 Å². The summed E-state index contributed by atoms with van der Waals surface area (Å²) in [5.41, 5.74) is -3.82. The van der Waals surface area contributed by atoms with Crippen LogP contribution in [0.5, 0.6) is 17.2 Å². The molecule has 0 unspecified atom stereocenters. The molecular formula is C28H30O12. The van der Waals surface area contributed by atoms with Gasteiger partial charge in [-0.1, -0.05) is 0 Å². The Morgan fingerprint density at radius 3 is 2.25 bits per heavy atom. The molecule has 3 aliphatic rings. The standard InChI is InChI=1S/C28H30O12/c1-10-21(30)16(37-4)9-17(39-10)40-25-20-14(26(34)28(2,35)27(25)38-5)8-13-19(24(20)33)23(32)18-12(22(13)31)6-11(36-3)7-15(18)29/h6-8,10,16-17,21,25,27,29-30,33,35H,9H2,1-5H3/t10-,16-,17-,21-,25+,27-,28+/m0/s1. The maximum Gasteiger partial charge on any atom is 0.201 e. The molecule has 12 nitrogen and oxygen atoms in total. The number of methoxy groups -OCH3 is 3. The number of hydrogen-bond acceptors (Lipinski definition) is 12. The molecule has 0 radical (unpaired) electrons. The lowest BCUT2D eigenvalue weighted by molar-refractivity contribution is -0.281. The third-order valence-electron chi connectivity index (χ3n) is 7.94. The molecule has 1 saturated heterocycles. The summed E-state index contributed by atoms with van der Waals surface area (Å²) in [7, 11) is 3.99. The van der Waals surface area contributed by atoms with Crippen LogP contribution in [0.15, 0.2) is 18.2 Å². The SMILES string of the molecule is COc1cc(O)c2c(c1)C(=O)c1cc3c(c(O)c1C2=O)[C@@H](O[C@H]1C[C@H](OC)[C@@H](O)[C@H](C)O1)[C@H](OC)[C@](C)(O)C3=O. The number of aliphatic hydroxyl groups excluding tert-OH is 1. The molecule has 1 heterocycles. The molecule has 2 aromatic carbocycles. The normalized spacial score (nSPS) is 31.4. The summed E-state index contributed by atoms with van der Waals surface area (Å²) in [5, 5.41) is 43.7. The highest BCUT2D eigenvalue weighted by molar-refractivity contribution is 6.31. The average molecular weight is 559 g/mol. The van der Waals surface area contributed by atoms with Gasteiger partial charge in [0.15, 0.2) is 23.5 Å². The number of ether oxygens (including phenoxy) is 5. The number of carbonyl (C=O) groups is 3. The first-order valence-electron chi connectivity index (χ1n) is 12.6. The number of phenolic OH excluding ortho intramolecular Hbond substituents is 2. The van der Waals surface area contributed by atoms with Crippen LogP contribution in [0.4, 0.5) is 0 Å². The second kappa shape index (κ2) is 9.91. The number of ketones is 3. The lowest BCUT2D eigenvalue weighted by atomic mass is 9.72. The van der Waals surface area contributed by atoms with Crippen LogP contribution in [-0.2, 0) is 18.9 Å². The van der Waals surface area contributed by atoms with Crippen molar-refractivity contribution in [1.82, 2.24) is 0 Å². The van der Waals surface area contributed by atoms with E-state index in [1.165, 1.54) is 40.4 Å². The van der Waals surface area contributed by atoms with E-state index in [0.717, 1.165) is 6.07 Å². The molecule has 0 spiro atoms. The fraction of sp³-hybridized carbons (Fsp3) is 0.464. The van der Waals surface area contributed by atoms with Gasteiger partial charge in [-0.2, -0.15) is 0 Å². The lowest BCUT2D eigenvalue weighted by Gasteiger charge is -2.44. The Bertz CT molecular complexity index is 1410. The third-order valence-corrected chi connectivity index (χ3v) is 7.94. The van der Waals surface area contributed by atoms with Gasteiger partial charge in [-0.15, -0.1) is 0 Å². The van der Waals surface area contributed by atoms with E-state index in [4.69, 9.17) is 23.7 Å². The van der Waals surface area contributed by atoms with Gasteiger partial charge < -0.3 is 44.1 Å². The molecule has 1 aliphatic heterocycles. The quantitative estimate of drug-likeness (QED) is 0.354. The molecule has 214 valence electrons. The van der Waals surface area contributed by atoms with Gasteiger partial charge in [-0.25, -0.2) is 0 Å². The second-order valence-corrected chi connectivity index (χ2v) is 10.3. The minimum absolute atomic E-state index is 0.0621. The fourth-order valence-corrected chi connectivity index (χ4v) is 5.81. The number of carbonyl (C=O) groups excluding carboxylic acids is 3. The minimum atomic E-state index is -2.17. The van der Waals surface area contributed by atoms with Crippen molar-refractivity contribution in [1.29, 1.82) is 0 Å². The number of phenols is 2. The molecule has 7 atom stereocenters. The molecule has 1 fully saturated rings. The van der Waals surface area contributed by atoms with Crippen LogP contribution in [0.2, 0.25) is 0 Å². The number of benzene rings is 2. The van der Waals surface area contributed by atoms with E-state index in [1.807, 2.05) is 0 Å². The van der Waals surface area contributed by atoms with E-state index in [1.54, 1.807) is 6.92 Å². The summed E-state index contributed by atoms with van der Waals surface area (Å²) in [6.07, 6.45) is -6.02. The zero-order valence-corrected chi connectivity index (χ0v) is 22.5. The van der Waals surface area contributed by atoms with Crippen molar-refractivity contribution >= 4 is 17.3 Å². The van der Waals surface area contributed by atoms with Crippen LogP contribution >= 0.6 is 0 Å². The van der Waals surface area contributed by atoms with Gasteiger partial charge in [-0.05, 0) is 26.0 Å². The van der Waals surface area contributed by atoms with Gasteiger partial charge in [-0.3, -0.25) is 14.4 Å². The molecular weight excluding hydrogens is 528 g/mol. The van der Waals surface area contributed by atoms with E-state index in [-0.39, 0.29) is 40.0 Å². The zero-order chi connectivity index (χ0) is 29.3. The Morgan fingerprint density at radius 2 is 1.62 bits per heavy atom. The Morgan fingerprint density at radius 1 is 0.950 bits per heavy atom. The largest absolute Gasteiger partial charge is 0.507 e. The van der Waals surface area contributed by atoms with Gasteiger partial charge in [0.25, 0.3) is 0 Å². The van der Waals surface area contributed by atoms with Crippen LogP contribution in [0.25, 0.3) is 0 Å². The second-order valence-electron chi connectivity index (χ2n) is 10.3. The van der Waals surface area contributed by atoms with Gasteiger partial charge in [0, 0.05) is 49.0 Å². The van der Waals surface area contributed by atoms with Crippen molar-refractivity contribution < 1.29 is 58.5 Å². The first kappa shape index (κ1) is 28.1. The van der Waals surface area contributed by atoms with Crippen LogP contribution < -0.4 is 4.74 Å². The van der Waals surface area contributed by atoms with Gasteiger partial charge in [0.05, 0.1) is 30.4 Å². The smallest absolute Gasteiger partial charge is 0.201 e. The Hall–Kier alpha value is -3.39. The third kappa shape index (κ3) is 4.02. The number of rotatable bonds is 5. The van der Waals surface area contributed by atoms with Crippen LogP contribution in [0.1, 0.15) is 74.1 Å². The van der Waals surface area contributed by atoms with E-state index in [0.29, 0.717) is 0 Å². The number of hydrogen-bond donors (Lipinski definition) is 4. The van der Waals surface area contributed by atoms with Crippen LogP contribution in [0, 0.1) is 0 Å². The zero-order valence-electron chi connectivity index (χ0n) is 22.5. The monoisotopic (exact) mass is 558 g/mol. The lowest BCUT2D eigenvalue weighted by Crippen LogP contribution is -2.56. The predicted octanol–water partition coefficient (Wildman–Crippen LogP) is 1.41. The summed E-state index contributed by atoms with van der Waals surface area (Å²) in [6, 6.07) is 3.58. The fourth-order valence-electron chi connectivity index (χ4n) is 5.81.